The average Bonchev–Trinajstić information content (AvgIpc) is 0.728. The highest BCUT2D eigenvalue weighted by Crippen LogP contribution is 2.56. The number of nitrogens with zero attached hydrogens (tertiary/aromatic N) is 12. The normalized spacial score (nSPS) is 12.9. The molecule has 0 N–H and O–H groups in total. The number of aromatic nitrogens is 8. The molecule has 0 bridgehead atoms. The Morgan fingerprint density at radius 1 is 0.223 bits per heavy atom. The van der Waals surface area contributed by atoms with E-state index < -0.39 is 8.07 Å². The Balaban J connectivity index is 0.000000103. The zero-order valence-electron chi connectivity index (χ0n) is 81.7. The highest BCUT2D eigenvalue weighted by Gasteiger charge is 2.40. The van der Waals surface area contributed by atoms with Crippen LogP contribution in [0.15, 0.2) is 521 Å². The van der Waals surface area contributed by atoms with E-state index in [2.05, 4.69) is 487 Å². The quantitative estimate of drug-likeness (QED) is 0.108. The molecular weight excluding hydrogens is 1840 g/mol. The SMILES string of the molecule is CC1(C)c2ccccc2N(c2ccc(-c3cc(-c4ccccc4)c4cncnc4c3)cc2)c2ccccc21.C[Si]1(C)c2ccccc2N(c2ccc(-c3cc(-c4ccccc4)c4cncnc4c3)cc2)c2ccccc21.c1ccc(-c2cc(-c3ccc(N4c5ccccc5Oc5ccccc54)cc3)cc3ncncc23)cc1.c1ccc(-c2cc(-c3ccc(N4c5ccccc5Sc5ccccc54)cc3)cc3ncncc23)cc1. The standard InChI is InChI=1S/C35H27N3.C34H27N3Si.C32H21N3O.C32H21N3S/c1-35(2)30-12-6-8-14-33(30)38(34-15-9-7-13-31(34)35)27-18-16-24(17-19-27)26-20-28(25-10-4-3-5-11-25)29-22-36-23-37-32(29)21-26;1-38(2)33-14-8-6-12-31(33)37(32-13-7-9-15-34(32)38)27-18-16-24(17-19-27)26-20-28(25-10-4-3-5-11-25)29-22-35-23-36-30(29)21-26;2*1-2-8-23(9-3-1)26-18-24(19-28-27(26)20-33-21-34-28)22-14-16-25(17-15-22)35-29-10-4-6-12-31(29)36-32-13-7-5-11-30(32)35/h2*3-23H,1-2H3;2*1-21H. The molecule has 0 radical (unpaired) electrons. The van der Waals surface area contributed by atoms with Crippen molar-refractivity contribution in [2.24, 2.45) is 0 Å². The molecule has 8 heterocycles. The second-order valence-electron chi connectivity index (χ2n) is 38.3. The van der Waals surface area contributed by atoms with Crippen LogP contribution in [0.5, 0.6) is 11.5 Å². The van der Waals surface area contributed by atoms with E-state index in [1.165, 1.54) is 82.2 Å². The van der Waals surface area contributed by atoms with E-state index in [0.29, 0.717) is 0 Å². The van der Waals surface area contributed by atoms with Crippen molar-refractivity contribution in [1.82, 2.24) is 39.9 Å². The summed E-state index contributed by atoms with van der Waals surface area (Å²) in [4.78, 5) is 47.4. The molecule has 20 aromatic carbocycles. The van der Waals surface area contributed by atoms with Gasteiger partial charge in [-0.1, -0.05) is 330 Å². The summed E-state index contributed by atoms with van der Waals surface area (Å²) in [6, 6.07) is 164. The van der Waals surface area contributed by atoms with Crippen LogP contribution >= 0.6 is 11.8 Å². The van der Waals surface area contributed by atoms with Crippen LogP contribution in [0.3, 0.4) is 0 Å². The van der Waals surface area contributed by atoms with Gasteiger partial charge in [-0.3, -0.25) is 0 Å². The molecule has 0 saturated carbocycles. The molecule has 4 aliphatic rings. The molecule has 4 aromatic heterocycles. The molecule has 28 rings (SSSR count). The molecule has 0 amide bonds. The molecule has 0 saturated heterocycles. The van der Waals surface area contributed by atoms with Crippen molar-refractivity contribution < 1.29 is 4.74 Å². The van der Waals surface area contributed by atoms with Crippen LogP contribution in [-0.2, 0) is 5.41 Å². The monoisotopic (exact) mass is 1940 g/mol. The lowest BCUT2D eigenvalue weighted by Gasteiger charge is -2.42. The van der Waals surface area contributed by atoms with Gasteiger partial charge in [-0.25, -0.2) is 39.9 Å². The van der Waals surface area contributed by atoms with Gasteiger partial charge in [0.05, 0.1) is 56.2 Å². The third-order valence-corrected chi connectivity index (χ3v) is 33.5. The van der Waals surface area contributed by atoms with E-state index >= 15 is 0 Å². The number of para-hydroxylation sites is 10. The molecule has 0 fully saturated rings. The minimum Gasteiger partial charge on any atom is -0.453 e. The summed E-state index contributed by atoms with van der Waals surface area (Å²) in [5, 5.41) is 7.18. The van der Waals surface area contributed by atoms with Crippen LogP contribution in [0.1, 0.15) is 25.0 Å². The van der Waals surface area contributed by atoms with Crippen molar-refractivity contribution in [3.05, 3.63) is 522 Å². The van der Waals surface area contributed by atoms with Crippen LogP contribution in [0.25, 0.3) is 133 Å². The first-order valence-corrected chi connectivity index (χ1v) is 53.6. The van der Waals surface area contributed by atoms with Crippen molar-refractivity contribution in [3.8, 4) is 101 Å². The first kappa shape index (κ1) is 90.6. The summed E-state index contributed by atoms with van der Waals surface area (Å²) in [7, 11) is -1.79. The van der Waals surface area contributed by atoms with Gasteiger partial charge in [-0.2, -0.15) is 0 Å². The molecule has 0 unspecified atom stereocenters. The number of benzene rings is 20. The van der Waals surface area contributed by atoms with Gasteiger partial charge >= 0.3 is 0 Å². The van der Waals surface area contributed by atoms with Crippen molar-refractivity contribution in [3.63, 3.8) is 0 Å². The van der Waals surface area contributed by atoms with Gasteiger partial charge in [0.25, 0.3) is 0 Å². The zero-order chi connectivity index (χ0) is 99.2. The van der Waals surface area contributed by atoms with Gasteiger partial charge in [-0.15, -0.1) is 0 Å². The maximum atomic E-state index is 6.16. The molecule has 148 heavy (non-hydrogen) atoms. The van der Waals surface area contributed by atoms with Gasteiger partial charge in [0.1, 0.15) is 33.4 Å². The van der Waals surface area contributed by atoms with E-state index in [1.807, 2.05) is 97.2 Å². The molecule has 0 atom stereocenters. The van der Waals surface area contributed by atoms with Gasteiger partial charge in [0, 0.05) is 95.7 Å². The van der Waals surface area contributed by atoms with Gasteiger partial charge < -0.3 is 24.3 Å². The number of hydrogen-bond donors (Lipinski definition) is 0. The fourth-order valence-corrected chi connectivity index (χ4v) is 25.5. The largest absolute Gasteiger partial charge is 0.453 e. The summed E-state index contributed by atoms with van der Waals surface area (Å²) in [6.07, 6.45) is 14.1. The Morgan fingerprint density at radius 3 is 0.784 bits per heavy atom. The Labute approximate surface area is 864 Å². The molecule has 15 heteroatoms. The van der Waals surface area contributed by atoms with Crippen molar-refractivity contribution in [2.45, 2.75) is 42.1 Å². The fraction of sp³-hybridized carbons (Fsp3) is 0.0376. The first-order chi connectivity index (χ1) is 72.9. The van der Waals surface area contributed by atoms with E-state index in [4.69, 9.17) is 4.74 Å². The number of anilines is 12. The molecule has 4 aliphatic heterocycles. The summed E-state index contributed by atoms with van der Waals surface area (Å²) >= 11 is 1.83. The average molecular weight is 1940 g/mol. The lowest BCUT2D eigenvalue weighted by molar-refractivity contribution is 0.477. The van der Waals surface area contributed by atoms with Crippen LogP contribution in [0.4, 0.5) is 68.2 Å². The molecule has 0 spiro atoms. The lowest BCUT2D eigenvalue weighted by Crippen LogP contribution is -2.58. The van der Waals surface area contributed by atoms with Crippen molar-refractivity contribution >= 4 is 142 Å². The minimum atomic E-state index is -1.79. The Kier molecular flexibility index (Phi) is 23.8. The molecule has 0 aliphatic carbocycles. The summed E-state index contributed by atoms with van der Waals surface area (Å²) < 4.78 is 6.16. The highest BCUT2D eigenvalue weighted by atomic mass is 32.2. The lowest BCUT2D eigenvalue weighted by atomic mass is 9.73. The Morgan fingerprint density at radius 2 is 0.466 bits per heavy atom. The fourth-order valence-electron chi connectivity index (χ4n) is 21.5. The smallest absolute Gasteiger partial charge is 0.151 e. The second-order valence-corrected chi connectivity index (χ2v) is 43.7. The number of rotatable bonds is 12. The van der Waals surface area contributed by atoms with E-state index in [1.54, 1.807) is 25.3 Å². The maximum absolute atomic E-state index is 6.16. The van der Waals surface area contributed by atoms with Crippen LogP contribution < -0.4 is 34.7 Å². The van der Waals surface area contributed by atoms with E-state index in [0.717, 1.165) is 161 Å². The number of fused-ring (bicyclic) bond motifs is 12. The van der Waals surface area contributed by atoms with Crippen molar-refractivity contribution in [1.29, 1.82) is 0 Å². The van der Waals surface area contributed by atoms with Crippen molar-refractivity contribution in [2.75, 3.05) is 19.6 Å². The van der Waals surface area contributed by atoms with E-state index in [9.17, 15) is 0 Å². The topological polar surface area (TPSA) is 125 Å². The summed E-state index contributed by atoms with van der Waals surface area (Å²) in [6.45, 7) is 9.55. The summed E-state index contributed by atoms with van der Waals surface area (Å²) in [5.74, 6) is 1.70. The third kappa shape index (κ3) is 17.0. The Hall–Kier alpha value is -18.7. The highest BCUT2D eigenvalue weighted by molar-refractivity contribution is 7.99. The van der Waals surface area contributed by atoms with Crippen LogP contribution in [-0.4, -0.2) is 47.9 Å². The zero-order valence-corrected chi connectivity index (χ0v) is 83.5. The summed E-state index contributed by atoms with van der Waals surface area (Å²) in [5.41, 5.74) is 38.8. The molecular formula is C133H96N12OSSi. The number of hydrogen-bond acceptors (Lipinski definition) is 14. The third-order valence-electron chi connectivity index (χ3n) is 28.8. The Bertz CT molecular complexity index is 8410. The second kappa shape index (κ2) is 38.9. The van der Waals surface area contributed by atoms with Crippen LogP contribution in [0.2, 0.25) is 13.1 Å². The predicted octanol–water partition coefficient (Wildman–Crippen LogP) is 34.1. The minimum absolute atomic E-state index is 0.0651. The van der Waals surface area contributed by atoms with Crippen LogP contribution in [0, 0.1) is 0 Å². The van der Waals surface area contributed by atoms with Gasteiger partial charge in [0.2, 0.25) is 0 Å². The predicted molar refractivity (Wildman–Crippen MR) is 613 cm³/mol. The maximum Gasteiger partial charge on any atom is 0.151 e. The molecule has 13 nitrogen and oxygen atoms in total. The van der Waals surface area contributed by atoms with Gasteiger partial charge in [0.15, 0.2) is 11.5 Å². The molecule has 24 aromatic rings. The first-order valence-electron chi connectivity index (χ1n) is 49.8. The van der Waals surface area contributed by atoms with Gasteiger partial charge in [-0.05, 0) is 280 Å². The number of ether oxygens (including phenoxy) is 1. The molecule has 704 valence electrons. The van der Waals surface area contributed by atoms with E-state index in [-0.39, 0.29) is 5.41 Å².